The number of thiocarbonyl (C=S) groups is 1. The number of halogens is 3. The molecule has 0 unspecified atom stereocenters. The van der Waals surface area contributed by atoms with E-state index in [1.807, 2.05) is 72.8 Å². The molecule has 0 aromatic heterocycles. The zero-order valence-electron chi connectivity index (χ0n) is 15.8. The Morgan fingerprint density at radius 3 is 2.26 bits per heavy atom. The van der Waals surface area contributed by atoms with Crippen molar-refractivity contribution in [2.75, 3.05) is 4.90 Å². The molecule has 0 aliphatic carbocycles. The van der Waals surface area contributed by atoms with E-state index in [-0.39, 0.29) is 5.91 Å². The lowest BCUT2D eigenvalue weighted by Gasteiger charge is -2.14. The van der Waals surface area contributed by atoms with Gasteiger partial charge in [-0.2, -0.15) is 0 Å². The molecule has 0 N–H and O–H groups in total. The largest absolute Gasteiger partial charge is 0.487 e. The molecule has 1 aliphatic rings. The summed E-state index contributed by atoms with van der Waals surface area (Å²) >= 11 is 17.4. The molecule has 4 rings (SSSR count). The summed E-state index contributed by atoms with van der Waals surface area (Å²) in [4.78, 5) is 15.1. The number of hydrogen-bond donors (Lipinski definition) is 0. The topological polar surface area (TPSA) is 29.5 Å². The normalized spacial score (nSPS) is 15.1. The summed E-state index contributed by atoms with van der Waals surface area (Å²) in [5.74, 6) is 0.584. The minimum Gasteiger partial charge on any atom is -0.487 e. The summed E-state index contributed by atoms with van der Waals surface area (Å²) in [5.41, 5.74) is 2.70. The molecular formula is C23H14Br3NO2S2. The van der Waals surface area contributed by atoms with Crippen LogP contribution in [0.4, 0.5) is 5.69 Å². The molecule has 1 fully saturated rings. The van der Waals surface area contributed by atoms with Crippen LogP contribution in [0.3, 0.4) is 0 Å². The molecule has 0 radical (unpaired) electrons. The minimum atomic E-state index is -0.121. The Morgan fingerprint density at radius 1 is 0.968 bits per heavy atom. The number of ether oxygens (including phenoxy) is 1. The first-order valence-corrected chi connectivity index (χ1v) is 12.7. The Bertz CT molecular complexity index is 1160. The third-order valence-electron chi connectivity index (χ3n) is 4.42. The molecule has 3 aromatic carbocycles. The molecule has 0 bridgehead atoms. The highest BCUT2D eigenvalue weighted by Gasteiger charge is 2.33. The van der Waals surface area contributed by atoms with Crippen molar-refractivity contribution in [3.63, 3.8) is 0 Å². The second-order valence-electron chi connectivity index (χ2n) is 6.58. The first kappa shape index (κ1) is 22.7. The number of carbonyl (C=O) groups excluding carboxylic acids is 1. The average Bonchev–Trinajstić information content (AvgIpc) is 3.02. The van der Waals surface area contributed by atoms with Crippen LogP contribution in [0.1, 0.15) is 11.1 Å². The van der Waals surface area contributed by atoms with E-state index in [0.717, 1.165) is 30.2 Å². The third kappa shape index (κ3) is 5.31. The van der Waals surface area contributed by atoms with Gasteiger partial charge in [0.25, 0.3) is 5.91 Å². The van der Waals surface area contributed by atoms with Crippen molar-refractivity contribution in [2.45, 2.75) is 6.61 Å². The summed E-state index contributed by atoms with van der Waals surface area (Å²) in [5, 5.41) is 0. The zero-order chi connectivity index (χ0) is 22.0. The summed E-state index contributed by atoms with van der Waals surface area (Å²) < 4.78 is 9.14. The number of thioether (sulfide) groups is 1. The maximum absolute atomic E-state index is 12.9. The summed E-state index contributed by atoms with van der Waals surface area (Å²) in [6.45, 7) is 0.444. The molecule has 1 aliphatic heterocycles. The van der Waals surface area contributed by atoms with Gasteiger partial charge >= 0.3 is 0 Å². The molecule has 31 heavy (non-hydrogen) atoms. The highest BCUT2D eigenvalue weighted by Crippen LogP contribution is 2.39. The molecule has 1 amide bonds. The number of benzene rings is 3. The molecule has 1 heterocycles. The van der Waals surface area contributed by atoms with E-state index in [1.165, 1.54) is 11.8 Å². The molecule has 0 atom stereocenters. The number of rotatable bonds is 5. The smallest absolute Gasteiger partial charge is 0.270 e. The van der Waals surface area contributed by atoms with Gasteiger partial charge in [0, 0.05) is 4.47 Å². The Kier molecular flexibility index (Phi) is 7.33. The standard InChI is InChI=1S/C23H14Br3NO2S2/c24-16-8-6-14(7-9-16)13-29-21-18(25)10-15(11-19(21)26)12-20-22(28)27(23(30)31-20)17-4-2-1-3-5-17/h1-12H,13H2/b20-12+. The second kappa shape index (κ2) is 10.0. The number of anilines is 1. The lowest BCUT2D eigenvalue weighted by Crippen LogP contribution is -2.27. The number of nitrogens with zero attached hydrogens (tertiary/aromatic N) is 1. The van der Waals surface area contributed by atoms with Crippen molar-refractivity contribution < 1.29 is 9.53 Å². The zero-order valence-corrected chi connectivity index (χ0v) is 22.2. The van der Waals surface area contributed by atoms with E-state index in [0.29, 0.717) is 21.6 Å². The van der Waals surface area contributed by atoms with Crippen molar-refractivity contribution in [1.82, 2.24) is 0 Å². The van der Waals surface area contributed by atoms with E-state index in [2.05, 4.69) is 47.8 Å². The van der Waals surface area contributed by atoms with Crippen molar-refractivity contribution in [2.24, 2.45) is 0 Å². The summed E-state index contributed by atoms with van der Waals surface area (Å²) in [6.07, 6.45) is 1.84. The minimum absolute atomic E-state index is 0.121. The van der Waals surface area contributed by atoms with Gasteiger partial charge in [-0.1, -0.05) is 70.2 Å². The highest BCUT2D eigenvalue weighted by atomic mass is 79.9. The Balaban J connectivity index is 1.54. The SMILES string of the molecule is O=C1/C(=C\c2cc(Br)c(OCc3ccc(Br)cc3)c(Br)c2)SC(=S)N1c1ccccc1. The first-order chi connectivity index (χ1) is 14.9. The van der Waals surface area contributed by atoms with Crippen molar-refractivity contribution in [3.05, 3.63) is 96.2 Å². The molecule has 1 saturated heterocycles. The van der Waals surface area contributed by atoms with Gasteiger partial charge in [-0.25, -0.2) is 0 Å². The van der Waals surface area contributed by atoms with Crippen LogP contribution in [0.25, 0.3) is 6.08 Å². The van der Waals surface area contributed by atoms with Gasteiger partial charge in [0.1, 0.15) is 12.4 Å². The quantitative estimate of drug-likeness (QED) is 0.209. The average molecular weight is 640 g/mol. The van der Waals surface area contributed by atoms with E-state index in [1.54, 1.807) is 4.90 Å². The van der Waals surface area contributed by atoms with E-state index >= 15 is 0 Å². The predicted molar refractivity (Wildman–Crippen MR) is 142 cm³/mol. The Morgan fingerprint density at radius 2 is 1.61 bits per heavy atom. The van der Waals surface area contributed by atoms with Crippen LogP contribution in [0, 0.1) is 0 Å². The molecule has 3 aromatic rings. The Hall–Kier alpha value is -1.45. The van der Waals surface area contributed by atoms with E-state index in [4.69, 9.17) is 17.0 Å². The lowest BCUT2D eigenvalue weighted by atomic mass is 10.2. The third-order valence-corrected chi connectivity index (χ3v) is 7.43. The van der Waals surface area contributed by atoms with Crippen LogP contribution >= 0.6 is 71.8 Å². The Labute approximate surface area is 215 Å². The highest BCUT2D eigenvalue weighted by molar-refractivity contribution is 9.11. The van der Waals surface area contributed by atoms with Gasteiger partial charge in [0.15, 0.2) is 4.32 Å². The van der Waals surface area contributed by atoms with Gasteiger partial charge in [0.2, 0.25) is 0 Å². The van der Waals surface area contributed by atoms with Gasteiger partial charge in [-0.15, -0.1) is 0 Å². The van der Waals surface area contributed by atoms with Crippen molar-refractivity contribution in [3.8, 4) is 5.75 Å². The molecular weight excluding hydrogens is 626 g/mol. The van der Waals surface area contributed by atoms with Gasteiger partial charge in [-0.3, -0.25) is 9.69 Å². The number of amides is 1. The lowest BCUT2D eigenvalue weighted by molar-refractivity contribution is -0.113. The van der Waals surface area contributed by atoms with Crippen LogP contribution in [-0.4, -0.2) is 10.2 Å². The monoisotopic (exact) mass is 637 g/mol. The fourth-order valence-electron chi connectivity index (χ4n) is 2.96. The summed E-state index contributed by atoms with van der Waals surface area (Å²) in [7, 11) is 0. The first-order valence-electron chi connectivity index (χ1n) is 9.11. The van der Waals surface area contributed by atoms with Crippen LogP contribution in [0.5, 0.6) is 5.75 Å². The molecule has 0 saturated carbocycles. The fourth-order valence-corrected chi connectivity index (χ4v) is 5.97. The van der Waals surface area contributed by atoms with E-state index in [9.17, 15) is 4.79 Å². The van der Waals surface area contributed by atoms with E-state index < -0.39 is 0 Å². The number of para-hydroxylation sites is 1. The van der Waals surface area contributed by atoms with Crippen LogP contribution in [0.2, 0.25) is 0 Å². The second-order valence-corrected chi connectivity index (χ2v) is 10.9. The maximum atomic E-state index is 12.9. The van der Waals surface area contributed by atoms with Crippen LogP contribution in [-0.2, 0) is 11.4 Å². The maximum Gasteiger partial charge on any atom is 0.270 e. The van der Waals surface area contributed by atoms with Crippen LogP contribution < -0.4 is 9.64 Å². The van der Waals surface area contributed by atoms with Gasteiger partial charge in [-0.05, 0) is 85.5 Å². The molecule has 156 valence electrons. The van der Waals surface area contributed by atoms with Crippen molar-refractivity contribution >= 4 is 93.8 Å². The van der Waals surface area contributed by atoms with Gasteiger partial charge < -0.3 is 4.74 Å². The van der Waals surface area contributed by atoms with Crippen molar-refractivity contribution in [1.29, 1.82) is 0 Å². The molecule has 0 spiro atoms. The predicted octanol–water partition coefficient (Wildman–Crippen LogP) is 7.96. The fraction of sp³-hybridized carbons (Fsp3) is 0.0435. The molecule has 8 heteroatoms. The number of carbonyl (C=O) groups is 1. The van der Waals surface area contributed by atoms with Crippen LogP contribution in [0.15, 0.2) is 85.1 Å². The number of hydrogen-bond acceptors (Lipinski definition) is 4. The summed E-state index contributed by atoms with van der Waals surface area (Å²) in [6, 6.07) is 21.3. The molecule has 3 nitrogen and oxygen atoms in total. The van der Waals surface area contributed by atoms with Gasteiger partial charge in [0.05, 0.1) is 19.5 Å².